The molecule has 6 heteroatoms. The molecule has 0 saturated heterocycles. The fourth-order valence-corrected chi connectivity index (χ4v) is 2.41. The maximum absolute atomic E-state index is 11.8. The molecule has 0 radical (unpaired) electrons. The topological polar surface area (TPSA) is 75.3 Å². The van der Waals surface area contributed by atoms with Crippen LogP contribution >= 0.6 is 0 Å². The number of nitrogens with one attached hydrogen (secondary N) is 2. The van der Waals surface area contributed by atoms with Crippen molar-refractivity contribution >= 4 is 27.1 Å². The van der Waals surface area contributed by atoms with Gasteiger partial charge in [0.05, 0.1) is 11.4 Å². The number of rotatable bonds is 5. The average Bonchev–Trinajstić information content (AvgIpc) is 2.46. The third-order valence-corrected chi connectivity index (χ3v) is 3.88. The average molecular weight is 304 g/mol. The lowest BCUT2D eigenvalue weighted by Gasteiger charge is -2.08. The Morgan fingerprint density at radius 2 is 1.67 bits per heavy atom. The molecule has 2 N–H and O–H groups in total. The van der Waals surface area contributed by atoms with Crippen molar-refractivity contribution in [1.29, 1.82) is 0 Å². The van der Waals surface area contributed by atoms with E-state index in [-0.39, 0.29) is 17.3 Å². The molecule has 5 nitrogen and oxygen atoms in total. The first-order chi connectivity index (χ1) is 9.95. The van der Waals surface area contributed by atoms with Gasteiger partial charge in [0.25, 0.3) is 0 Å². The van der Waals surface area contributed by atoms with Gasteiger partial charge < -0.3 is 10.6 Å². The van der Waals surface area contributed by atoms with E-state index in [9.17, 15) is 13.2 Å². The number of carbonyl (C=O) groups excluding carboxylic acids is 1. The van der Waals surface area contributed by atoms with Gasteiger partial charge >= 0.3 is 0 Å². The summed E-state index contributed by atoms with van der Waals surface area (Å²) in [6.45, 7) is 0.0576. The third-order valence-electron chi connectivity index (χ3n) is 2.77. The van der Waals surface area contributed by atoms with E-state index in [0.29, 0.717) is 11.4 Å². The van der Waals surface area contributed by atoms with E-state index in [1.165, 1.54) is 12.1 Å². The lowest BCUT2D eigenvalue weighted by atomic mass is 10.3. The molecule has 110 valence electrons. The van der Waals surface area contributed by atoms with Crippen molar-refractivity contribution in [2.24, 2.45) is 0 Å². The van der Waals surface area contributed by atoms with Gasteiger partial charge in [-0.2, -0.15) is 0 Å². The first kappa shape index (κ1) is 15.1. The minimum absolute atomic E-state index is 0.0576. The first-order valence-corrected chi connectivity index (χ1v) is 8.23. The zero-order valence-corrected chi connectivity index (χ0v) is 12.4. The second kappa shape index (κ2) is 6.41. The SMILES string of the molecule is CS(=O)(=O)c1cccc(NCC(=O)Nc2ccccc2)c1. The van der Waals surface area contributed by atoms with Gasteiger partial charge in [-0.1, -0.05) is 24.3 Å². The van der Waals surface area contributed by atoms with Crippen molar-refractivity contribution in [3.8, 4) is 0 Å². The van der Waals surface area contributed by atoms with Crippen molar-refractivity contribution in [1.82, 2.24) is 0 Å². The first-order valence-electron chi connectivity index (χ1n) is 6.34. The maximum Gasteiger partial charge on any atom is 0.243 e. The predicted molar refractivity (Wildman–Crippen MR) is 83.1 cm³/mol. The minimum atomic E-state index is -3.25. The molecule has 0 bridgehead atoms. The van der Waals surface area contributed by atoms with Crippen molar-refractivity contribution in [3.05, 3.63) is 54.6 Å². The molecule has 2 aromatic carbocycles. The summed E-state index contributed by atoms with van der Waals surface area (Å²) in [5, 5.41) is 5.64. The summed E-state index contributed by atoms with van der Waals surface area (Å²) in [7, 11) is -3.25. The highest BCUT2D eigenvalue weighted by Crippen LogP contribution is 2.15. The molecular formula is C15H16N2O3S. The number of benzene rings is 2. The Bertz CT molecular complexity index is 728. The van der Waals surface area contributed by atoms with Crippen LogP contribution in [0.5, 0.6) is 0 Å². The van der Waals surface area contributed by atoms with Gasteiger partial charge in [-0.05, 0) is 30.3 Å². The Labute approximate surface area is 123 Å². The molecule has 0 aliphatic rings. The van der Waals surface area contributed by atoms with Crippen LogP contribution in [0.1, 0.15) is 0 Å². The Kier molecular flexibility index (Phi) is 4.59. The summed E-state index contributed by atoms with van der Waals surface area (Å²) in [4.78, 5) is 12.0. The van der Waals surface area contributed by atoms with Crippen LogP contribution < -0.4 is 10.6 Å². The van der Waals surface area contributed by atoms with E-state index >= 15 is 0 Å². The van der Waals surface area contributed by atoms with E-state index in [1.807, 2.05) is 18.2 Å². The second-order valence-corrected chi connectivity index (χ2v) is 6.58. The van der Waals surface area contributed by atoms with Gasteiger partial charge in [-0.3, -0.25) is 4.79 Å². The number of sulfone groups is 1. The van der Waals surface area contributed by atoms with Crippen molar-refractivity contribution in [2.75, 3.05) is 23.4 Å². The normalized spacial score (nSPS) is 10.9. The largest absolute Gasteiger partial charge is 0.376 e. The Morgan fingerprint density at radius 1 is 1.00 bits per heavy atom. The van der Waals surface area contributed by atoms with E-state index in [1.54, 1.807) is 24.3 Å². The number of amides is 1. The molecule has 0 spiro atoms. The van der Waals surface area contributed by atoms with Crippen molar-refractivity contribution in [3.63, 3.8) is 0 Å². The Morgan fingerprint density at radius 3 is 2.33 bits per heavy atom. The van der Waals surface area contributed by atoms with Gasteiger partial charge in [0.15, 0.2) is 9.84 Å². The fraction of sp³-hybridized carbons (Fsp3) is 0.133. The number of hydrogen-bond acceptors (Lipinski definition) is 4. The molecule has 2 aromatic rings. The molecule has 21 heavy (non-hydrogen) atoms. The van der Waals surface area contributed by atoms with Crippen LogP contribution in [-0.2, 0) is 14.6 Å². The van der Waals surface area contributed by atoms with Crippen LogP contribution in [-0.4, -0.2) is 27.1 Å². The number of anilines is 2. The van der Waals surface area contributed by atoms with Crippen LogP contribution in [0.4, 0.5) is 11.4 Å². The Hall–Kier alpha value is -2.34. The van der Waals surface area contributed by atoms with E-state index < -0.39 is 9.84 Å². The molecule has 0 fully saturated rings. The van der Waals surface area contributed by atoms with Crippen molar-refractivity contribution < 1.29 is 13.2 Å². The summed E-state index contributed by atoms with van der Waals surface area (Å²) >= 11 is 0. The standard InChI is InChI=1S/C15H16N2O3S/c1-21(19,20)14-9-5-8-13(10-14)16-11-15(18)17-12-6-3-2-4-7-12/h2-10,16H,11H2,1H3,(H,17,18). The summed E-state index contributed by atoms with van der Waals surface area (Å²) in [6.07, 6.45) is 1.15. The lowest BCUT2D eigenvalue weighted by Crippen LogP contribution is -2.21. The highest BCUT2D eigenvalue weighted by atomic mass is 32.2. The van der Waals surface area contributed by atoms with Gasteiger partial charge in [-0.15, -0.1) is 0 Å². The van der Waals surface area contributed by atoms with Gasteiger partial charge in [0, 0.05) is 17.6 Å². The summed E-state index contributed by atoms with van der Waals surface area (Å²) in [5.41, 5.74) is 1.30. The fourth-order valence-electron chi connectivity index (χ4n) is 1.75. The van der Waals surface area contributed by atoms with Gasteiger partial charge in [-0.25, -0.2) is 8.42 Å². The summed E-state index contributed by atoms with van der Waals surface area (Å²) in [6, 6.07) is 15.5. The van der Waals surface area contributed by atoms with E-state index in [0.717, 1.165) is 6.26 Å². The molecule has 0 heterocycles. The molecule has 0 aromatic heterocycles. The monoisotopic (exact) mass is 304 g/mol. The minimum Gasteiger partial charge on any atom is -0.376 e. The number of carbonyl (C=O) groups is 1. The molecular weight excluding hydrogens is 288 g/mol. The predicted octanol–water partition coefficient (Wildman–Crippen LogP) is 2.14. The summed E-state index contributed by atoms with van der Waals surface area (Å²) in [5.74, 6) is -0.203. The van der Waals surface area contributed by atoms with Crippen LogP contribution in [0.2, 0.25) is 0 Å². The molecule has 1 amide bonds. The maximum atomic E-state index is 11.8. The second-order valence-electron chi connectivity index (χ2n) is 4.57. The third kappa shape index (κ3) is 4.61. The van der Waals surface area contributed by atoms with Crippen LogP contribution in [0.15, 0.2) is 59.5 Å². The van der Waals surface area contributed by atoms with E-state index in [2.05, 4.69) is 10.6 Å². The molecule has 0 saturated carbocycles. The zero-order chi connectivity index (χ0) is 15.3. The molecule has 0 unspecified atom stereocenters. The number of hydrogen-bond donors (Lipinski definition) is 2. The quantitative estimate of drug-likeness (QED) is 0.887. The zero-order valence-electron chi connectivity index (χ0n) is 11.5. The van der Waals surface area contributed by atoms with Crippen LogP contribution in [0.25, 0.3) is 0 Å². The van der Waals surface area contributed by atoms with Gasteiger partial charge in [0.2, 0.25) is 5.91 Å². The Balaban J connectivity index is 1.96. The highest BCUT2D eigenvalue weighted by molar-refractivity contribution is 7.90. The molecule has 0 aliphatic carbocycles. The molecule has 0 atom stereocenters. The molecule has 2 rings (SSSR count). The molecule has 0 aliphatic heterocycles. The van der Waals surface area contributed by atoms with Crippen molar-refractivity contribution in [2.45, 2.75) is 4.90 Å². The summed E-state index contributed by atoms with van der Waals surface area (Å²) < 4.78 is 22.9. The van der Waals surface area contributed by atoms with Crippen LogP contribution in [0, 0.1) is 0 Å². The van der Waals surface area contributed by atoms with Gasteiger partial charge in [0.1, 0.15) is 0 Å². The number of para-hydroxylation sites is 1. The van der Waals surface area contributed by atoms with Crippen LogP contribution in [0.3, 0.4) is 0 Å². The lowest BCUT2D eigenvalue weighted by molar-refractivity contribution is -0.114. The smallest absolute Gasteiger partial charge is 0.243 e. The van der Waals surface area contributed by atoms with E-state index in [4.69, 9.17) is 0 Å². The highest BCUT2D eigenvalue weighted by Gasteiger charge is 2.08.